The number of rotatable bonds is 5. The van der Waals surface area contributed by atoms with E-state index in [1.807, 2.05) is 54.6 Å². The zero-order valence-corrected chi connectivity index (χ0v) is 16.0. The Hall–Kier alpha value is -3.16. The van der Waals surface area contributed by atoms with Gasteiger partial charge in [-0.05, 0) is 53.5 Å². The van der Waals surface area contributed by atoms with E-state index in [2.05, 4.69) is 47.9 Å². The quantitative estimate of drug-likeness (QED) is 0.610. The normalized spacial score (nSPS) is 11.3. The van der Waals surface area contributed by atoms with Crippen LogP contribution in [-0.4, -0.2) is 5.11 Å². The topological polar surface area (TPSA) is 47.8 Å². The molecule has 0 unspecified atom stereocenters. The Bertz CT molecular complexity index is 943. The van der Waals surface area contributed by atoms with E-state index in [1.165, 1.54) is 11.1 Å². The van der Waals surface area contributed by atoms with Crippen molar-refractivity contribution in [1.29, 1.82) is 5.26 Å². The van der Waals surface area contributed by atoms with Crippen molar-refractivity contribution in [3.05, 3.63) is 101 Å². The van der Waals surface area contributed by atoms with Gasteiger partial charge in [0.1, 0.15) is 0 Å². The highest BCUT2D eigenvalue weighted by molar-refractivity contribution is 7.80. The van der Waals surface area contributed by atoms with Crippen molar-refractivity contribution in [1.82, 2.24) is 5.32 Å². The second-order valence-electron chi connectivity index (χ2n) is 6.33. The second kappa shape index (κ2) is 8.98. The molecule has 0 aliphatic carbocycles. The van der Waals surface area contributed by atoms with Crippen molar-refractivity contribution in [2.24, 2.45) is 0 Å². The Labute approximate surface area is 165 Å². The molecule has 0 amide bonds. The largest absolute Gasteiger partial charge is 0.352 e. The molecule has 0 aromatic heterocycles. The van der Waals surface area contributed by atoms with Gasteiger partial charge in [-0.15, -0.1) is 0 Å². The highest BCUT2D eigenvalue weighted by Crippen LogP contribution is 2.25. The van der Waals surface area contributed by atoms with Gasteiger partial charge in [0, 0.05) is 5.69 Å². The second-order valence-corrected chi connectivity index (χ2v) is 6.74. The van der Waals surface area contributed by atoms with Crippen LogP contribution in [0.2, 0.25) is 0 Å². The van der Waals surface area contributed by atoms with Crippen LogP contribution in [0.15, 0.2) is 78.9 Å². The summed E-state index contributed by atoms with van der Waals surface area (Å²) in [5, 5.41) is 16.0. The van der Waals surface area contributed by atoms with Gasteiger partial charge < -0.3 is 10.6 Å². The Kier molecular flexibility index (Phi) is 6.19. The first kappa shape index (κ1) is 18.6. The molecule has 0 aliphatic rings. The molecular formula is C23H21N3S. The lowest BCUT2D eigenvalue weighted by Gasteiger charge is -2.23. The van der Waals surface area contributed by atoms with Crippen LogP contribution in [0.5, 0.6) is 0 Å². The molecule has 0 heterocycles. The molecule has 3 rings (SSSR count). The van der Waals surface area contributed by atoms with Crippen LogP contribution < -0.4 is 10.6 Å². The molecule has 0 saturated carbocycles. The maximum atomic E-state index is 8.78. The molecule has 0 aliphatic heterocycles. The Balaban J connectivity index is 1.79. The number of nitriles is 1. The highest BCUT2D eigenvalue weighted by Gasteiger charge is 2.16. The van der Waals surface area contributed by atoms with Gasteiger partial charge in [0.05, 0.1) is 18.5 Å². The van der Waals surface area contributed by atoms with E-state index in [-0.39, 0.29) is 6.04 Å². The van der Waals surface area contributed by atoms with Crippen molar-refractivity contribution < 1.29 is 0 Å². The fourth-order valence-electron chi connectivity index (χ4n) is 2.99. The first-order chi connectivity index (χ1) is 13.2. The van der Waals surface area contributed by atoms with Gasteiger partial charge >= 0.3 is 0 Å². The molecule has 2 N–H and O–H groups in total. The first-order valence-corrected chi connectivity index (χ1v) is 9.22. The summed E-state index contributed by atoms with van der Waals surface area (Å²) in [6.07, 6.45) is 0.409. The third kappa shape index (κ3) is 4.93. The minimum absolute atomic E-state index is 0.0368. The molecule has 0 spiro atoms. The minimum atomic E-state index is -0.0368. The van der Waals surface area contributed by atoms with E-state index in [9.17, 15) is 0 Å². The van der Waals surface area contributed by atoms with E-state index in [0.717, 1.165) is 16.8 Å². The van der Waals surface area contributed by atoms with Crippen LogP contribution in [0.25, 0.3) is 0 Å². The van der Waals surface area contributed by atoms with Gasteiger partial charge in [-0.1, -0.05) is 66.7 Å². The van der Waals surface area contributed by atoms with Crippen LogP contribution in [0, 0.1) is 18.3 Å². The number of anilines is 1. The third-order valence-corrected chi connectivity index (χ3v) is 4.62. The van der Waals surface area contributed by atoms with Crippen molar-refractivity contribution in [2.45, 2.75) is 19.4 Å². The minimum Gasteiger partial charge on any atom is -0.352 e. The van der Waals surface area contributed by atoms with Gasteiger partial charge in [-0.2, -0.15) is 5.26 Å². The summed E-state index contributed by atoms with van der Waals surface area (Å²) in [7, 11) is 0. The Morgan fingerprint density at radius 2 is 1.63 bits per heavy atom. The number of hydrogen-bond acceptors (Lipinski definition) is 2. The predicted octanol–water partition coefficient (Wildman–Crippen LogP) is 5.14. The summed E-state index contributed by atoms with van der Waals surface area (Å²) < 4.78 is 0. The summed E-state index contributed by atoms with van der Waals surface area (Å²) in [5.74, 6) is 0. The van der Waals surface area contributed by atoms with Crippen LogP contribution in [-0.2, 0) is 6.42 Å². The maximum absolute atomic E-state index is 8.78. The van der Waals surface area contributed by atoms with E-state index < -0.39 is 0 Å². The molecule has 134 valence electrons. The SMILES string of the molecule is Cc1ccccc1[C@H](NC(=S)Nc1ccc(CC#N)cc1)c1ccccc1. The lowest BCUT2D eigenvalue weighted by Crippen LogP contribution is -2.33. The van der Waals surface area contributed by atoms with Crippen molar-refractivity contribution in [3.8, 4) is 6.07 Å². The van der Waals surface area contributed by atoms with Crippen molar-refractivity contribution in [3.63, 3.8) is 0 Å². The fraction of sp³-hybridized carbons (Fsp3) is 0.130. The Morgan fingerprint density at radius 1 is 0.963 bits per heavy atom. The summed E-state index contributed by atoms with van der Waals surface area (Å²) in [6.45, 7) is 2.11. The van der Waals surface area contributed by atoms with Gasteiger partial charge in [-0.25, -0.2) is 0 Å². The molecule has 3 aromatic carbocycles. The van der Waals surface area contributed by atoms with Gasteiger partial charge in [0.25, 0.3) is 0 Å². The molecule has 0 saturated heterocycles. The molecule has 0 radical (unpaired) electrons. The van der Waals surface area contributed by atoms with Gasteiger partial charge in [-0.3, -0.25) is 0 Å². The van der Waals surface area contributed by atoms with E-state index >= 15 is 0 Å². The molecule has 1 atom stereocenters. The molecule has 3 aromatic rings. The van der Waals surface area contributed by atoms with Gasteiger partial charge in [0.2, 0.25) is 0 Å². The van der Waals surface area contributed by atoms with Crippen molar-refractivity contribution in [2.75, 3.05) is 5.32 Å². The lowest BCUT2D eigenvalue weighted by atomic mass is 9.95. The Morgan fingerprint density at radius 3 is 2.30 bits per heavy atom. The first-order valence-electron chi connectivity index (χ1n) is 8.81. The molecule has 0 bridgehead atoms. The van der Waals surface area contributed by atoms with Gasteiger partial charge in [0.15, 0.2) is 5.11 Å². The molecule has 3 nitrogen and oxygen atoms in total. The summed E-state index contributed by atoms with van der Waals surface area (Å²) in [5.41, 5.74) is 5.44. The average molecular weight is 372 g/mol. The van der Waals surface area contributed by atoms with Crippen LogP contribution in [0.4, 0.5) is 5.69 Å². The third-order valence-electron chi connectivity index (χ3n) is 4.40. The summed E-state index contributed by atoms with van der Waals surface area (Å²) in [6, 6.07) is 28.5. The van der Waals surface area contributed by atoms with Crippen molar-refractivity contribution >= 4 is 23.0 Å². The number of nitrogens with zero attached hydrogens (tertiary/aromatic N) is 1. The maximum Gasteiger partial charge on any atom is 0.171 e. The lowest BCUT2D eigenvalue weighted by molar-refractivity contribution is 0.762. The zero-order valence-electron chi connectivity index (χ0n) is 15.1. The molecule has 4 heteroatoms. The molecule has 27 heavy (non-hydrogen) atoms. The summed E-state index contributed by atoms with van der Waals surface area (Å²) >= 11 is 5.57. The number of hydrogen-bond donors (Lipinski definition) is 2. The predicted molar refractivity (Wildman–Crippen MR) is 115 cm³/mol. The van der Waals surface area contributed by atoms with E-state index in [1.54, 1.807) is 0 Å². The zero-order chi connectivity index (χ0) is 19.1. The van der Waals surface area contributed by atoms with Crippen LogP contribution in [0.3, 0.4) is 0 Å². The smallest absolute Gasteiger partial charge is 0.171 e. The number of aryl methyl sites for hydroxylation is 1. The van der Waals surface area contributed by atoms with E-state index in [0.29, 0.717) is 11.5 Å². The number of benzene rings is 3. The highest BCUT2D eigenvalue weighted by atomic mass is 32.1. The van der Waals surface area contributed by atoms with E-state index in [4.69, 9.17) is 17.5 Å². The number of thiocarbonyl (C=S) groups is 1. The van der Waals surface area contributed by atoms with Crippen LogP contribution in [0.1, 0.15) is 28.3 Å². The number of nitrogens with one attached hydrogen (secondary N) is 2. The fourth-order valence-corrected chi connectivity index (χ4v) is 3.23. The van der Waals surface area contributed by atoms with Crippen LogP contribution >= 0.6 is 12.2 Å². The molecule has 0 fully saturated rings. The summed E-state index contributed by atoms with van der Waals surface area (Å²) in [4.78, 5) is 0. The standard InChI is InChI=1S/C23H21N3S/c1-17-7-5-6-10-21(17)22(19-8-3-2-4-9-19)26-23(27)25-20-13-11-18(12-14-20)15-16-24/h2-14,22H,15H2,1H3,(H2,25,26,27)/t22-/m1/s1. The molecular weight excluding hydrogens is 350 g/mol. The average Bonchev–Trinajstić information content (AvgIpc) is 2.69. The monoisotopic (exact) mass is 371 g/mol.